The summed E-state index contributed by atoms with van der Waals surface area (Å²) in [6, 6.07) is 5.81. The highest BCUT2D eigenvalue weighted by atomic mass is 16.5. The topological polar surface area (TPSA) is 130 Å². The summed E-state index contributed by atoms with van der Waals surface area (Å²) in [4.78, 5) is 4.79. The highest BCUT2D eigenvalue weighted by Crippen LogP contribution is 2.26. The Morgan fingerprint density at radius 3 is 2.93 bits per heavy atom. The van der Waals surface area contributed by atoms with Crippen molar-refractivity contribution in [3.05, 3.63) is 42.6 Å². The van der Waals surface area contributed by atoms with Crippen LogP contribution in [0.25, 0.3) is 28.2 Å². The molecule has 30 heavy (non-hydrogen) atoms. The van der Waals surface area contributed by atoms with Crippen molar-refractivity contribution in [3.8, 4) is 28.7 Å². The maximum atomic E-state index is 9.28. The lowest BCUT2D eigenvalue weighted by Crippen LogP contribution is -2.14. The van der Waals surface area contributed by atoms with Crippen LogP contribution in [0.2, 0.25) is 0 Å². The van der Waals surface area contributed by atoms with Crippen molar-refractivity contribution in [1.29, 1.82) is 5.26 Å². The molecule has 4 aromatic heterocycles. The highest BCUT2D eigenvalue weighted by Gasteiger charge is 2.15. The number of rotatable bonds is 9. The van der Waals surface area contributed by atoms with Gasteiger partial charge in [0.1, 0.15) is 11.4 Å². The fraction of sp³-hybridized carbons (Fsp3) is 0.350. The van der Waals surface area contributed by atoms with Gasteiger partial charge in [0.15, 0.2) is 0 Å². The van der Waals surface area contributed by atoms with Gasteiger partial charge in [-0.1, -0.05) is 0 Å². The van der Waals surface area contributed by atoms with Crippen LogP contribution in [0.15, 0.2) is 36.9 Å². The van der Waals surface area contributed by atoms with Crippen LogP contribution in [0.3, 0.4) is 0 Å². The molecular weight excluding hydrogens is 384 g/mol. The van der Waals surface area contributed by atoms with Crippen LogP contribution in [-0.4, -0.2) is 52.9 Å². The molecule has 4 rings (SSSR count). The van der Waals surface area contributed by atoms with Gasteiger partial charge < -0.3 is 9.84 Å². The van der Waals surface area contributed by atoms with Crippen LogP contribution in [0, 0.1) is 11.3 Å². The largest absolute Gasteiger partial charge is 0.390 e. The quantitative estimate of drug-likeness (QED) is 0.436. The Labute approximate surface area is 172 Å². The monoisotopic (exact) mass is 406 g/mol. The average molecular weight is 406 g/mol. The fourth-order valence-corrected chi connectivity index (χ4v) is 3.33. The molecule has 0 unspecified atom stereocenters. The minimum atomic E-state index is -0.118. The minimum Gasteiger partial charge on any atom is -0.390 e. The molecule has 4 aromatic rings. The van der Waals surface area contributed by atoms with E-state index in [-0.39, 0.29) is 12.7 Å². The van der Waals surface area contributed by atoms with Crippen LogP contribution in [0.1, 0.15) is 25.0 Å². The number of aryl methyl sites for hydroxylation is 1. The molecule has 10 heteroatoms. The Balaban J connectivity index is 1.60. The van der Waals surface area contributed by atoms with Gasteiger partial charge >= 0.3 is 0 Å². The lowest BCUT2D eigenvalue weighted by molar-refractivity contribution is 0.0844. The molecule has 0 aliphatic rings. The molecule has 0 amide bonds. The van der Waals surface area contributed by atoms with Gasteiger partial charge in [0, 0.05) is 31.8 Å². The van der Waals surface area contributed by atoms with Gasteiger partial charge in [-0.3, -0.25) is 9.78 Å². The Kier molecular flexibility index (Phi) is 5.83. The van der Waals surface area contributed by atoms with Crippen LogP contribution < -0.4 is 0 Å². The van der Waals surface area contributed by atoms with E-state index < -0.39 is 0 Å². The van der Waals surface area contributed by atoms with E-state index in [1.165, 1.54) is 0 Å². The summed E-state index contributed by atoms with van der Waals surface area (Å²) in [5.74, 6) is 0. The molecular formula is C20H22N8O2. The Bertz CT molecular complexity index is 1170. The zero-order valence-corrected chi connectivity index (χ0v) is 16.6. The van der Waals surface area contributed by atoms with E-state index in [1.807, 2.05) is 16.9 Å². The summed E-state index contributed by atoms with van der Waals surface area (Å²) in [6.45, 7) is 0.561. The first kappa shape index (κ1) is 19.8. The van der Waals surface area contributed by atoms with Gasteiger partial charge in [0.05, 0.1) is 54.3 Å². The average Bonchev–Trinajstić information content (AvgIpc) is 3.53. The zero-order chi connectivity index (χ0) is 20.9. The first-order chi connectivity index (χ1) is 14.7. The lowest BCUT2D eigenvalue weighted by Gasteiger charge is -2.13. The number of fused-ring (bicyclic) bond motifs is 1. The summed E-state index contributed by atoms with van der Waals surface area (Å²) < 4.78 is 9.05. The zero-order valence-electron chi connectivity index (χ0n) is 16.6. The van der Waals surface area contributed by atoms with Gasteiger partial charge in [-0.2, -0.15) is 20.6 Å². The first-order valence-corrected chi connectivity index (χ1v) is 9.64. The normalized spacial score (nSPS) is 12.3. The smallest absolute Gasteiger partial charge is 0.112 e. The maximum Gasteiger partial charge on any atom is 0.112 e. The van der Waals surface area contributed by atoms with Crippen molar-refractivity contribution < 1.29 is 9.84 Å². The van der Waals surface area contributed by atoms with Crippen molar-refractivity contribution >= 4 is 5.52 Å². The van der Waals surface area contributed by atoms with Gasteiger partial charge in [0.2, 0.25) is 0 Å². The highest BCUT2D eigenvalue weighted by molar-refractivity contribution is 5.77. The summed E-state index contributed by atoms with van der Waals surface area (Å²) in [5.41, 5.74) is 4.36. The van der Waals surface area contributed by atoms with E-state index in [0.29, 0.717) is 36.5 Å². The van der Waals surface area contributed by atoms with Gasteiger partial charge in [-0.25, -0.2) is 9.50 Å². The van der Waals surface area contributed by atoms with Crippen molar-refractivity contribution in [3.63, 3.8) is 0 Å². The van der Waals surface area contributed by atoms with Crippen molar-refractivity contribution in [2.75, 3.05) is 7.11 Å². The third-order valence-corrected chi connectivity index (χ3v) is 4.95. The minimum absolute atomic E-state index is 0.0284. The van der Waals surface area contributed by atoms with E-state index >= 15 is 0 Å². The summed E-state index contributed by atoms with van der Waals surface area (Å²) in [7, 11) is 1.67. The standard InChI is InChI=1S/C20H22N8O2/c1-30-16(3-2-6-21)5-8-27-11-14(10-23-27)20-19-4-7-22-28(19)12-18(24-20)17-9-15(13-29)25-26-17/h4,7,9-12,16,29H,2-3,5,8,13H2,1H3,(H,25,26)/t16-/m0/s1. The summed E-state index contributed by atoms with van der Waals surface area (Å²) in [5, 5.41) is 33.9. The number of nitrogens with zero attached hydrogens (tertiary/aromatic N) is 7. The van der Waals surface area contributed by atoms with E-state index in [1.54, 1.807) is 36.3 Å². The Morgan fingerprint density at radius 2 is 2.17 bits per heavy atom. The molecule has 0 fully saturated rings. The summed E-state index contributed by atoms with van der Waals surface area (Å²) in [6.07, 6.45) is 9.23. The predicted octanol–water partition coefficient (Wildman–Crippen LogP) is 2.18. The molecule has 0 aliphatic carbocycles. The second-order valence-electron chi connectivity index (χ2n) is 6.91. The van der Waals surface area contributed by atoms with Crippen LogP contribution in [0.4, 0.5) is 0 Å². The van der Waals surface area contributed by atoms with E-state index in [9.17, 15) is 5.11 Å². The number of methoxy groups -OCH3 is 1. The molecule has 0 spiro atoms. The molecule has 0 saturated carbocycles. The third-order valence-electron chi connectivity index (χ3n) is 4.95. The number of hydrogen-bond acceptors (Lipinski definition) is 7. The molecule has 0 radical (unpaired) electrons. The first-order valence-electron chi connectivity index (χ1n) is 9.64. The van der Waals surface area contributed by atoms with Crippen LogP contribution >= 0.6 is 0 Å². The Hall–Kier alpha value is -3.55. The number of nitriles is 1. The molecule has 4 heterocycles. The molecule has 0 bridgehead atoms. The van der Waals surface area contributed by atoms with Crippen molar-refractivity contribution in [1.82, 2.24) is 34.6 Å². The molecule has 2 N–H and O–H groups in total. The molecule has 0 saturated heterocycles. The lowest BCUT2D eigenvalue weighted by atomic mass is 10.1. The van der Waals surface area contributed by atoms with Crippen molar-refractivity contribution in [2.24, 2.45) is 0 Å². The van der Waals surface area contributed by atoms with E-state index in [0.717, 1.165) is 23.2 Å². The Morgan fingerprint density at radius 1 is 1.27 bits per heavy atom. The number of aliphatic hydroxyl groups is 1. The second kappa shape index (κ2) is 8.86. The second-order valence-corrected chi connectivity index (χ2v) is 6.91. The van der Waals surface area contributed by atoms with Crippen LogP contribution in [-0.2, 0) is 17.9 Å². The molecule has 10 nitrogen and oxygen atoms in total. The third kappa shape index (κ3) is 4.07. The maximum absolute atomic E-state index is 9.28. The number of aromatic nitrogens is 7. The number of aliphatic hydroxyl groups excluding tert-OH is 1. The number of nitrogens with one attached hydrogen (secondary N) is 1. The molecule has 0 aromatic carbocycles. The summed E-state index contributed by atoms with van der Waals surface area (Å²) >= 11 is 0. The van der Waals surface area contributed by atoms with E-state index in [4.69, 9.17) is 15.0 Å². The number of ether oxygens (including phenoxy) is 1. The predicted molar refractivity (Wildman–Crippen MR) is 108 cm³/mol. The van der Waals surface area contributed by atoms with Crippen LogP contribution in [0.5, 0.6) is 0 Å². The van der Waals surface area contributed by atoms with Gasteiger partial charge in [-0.15, -0.1) is 0 Å². The molecule has 1 atom stereocenters. The fourth-order valence-electron chi connectivity index (χ4n) is 3.33. The number of H-pyrrole nitrogens is 1. The van der Waals surface area contributed by atoms with Gasteiger partial charge in [-0.05, 0) is 25.0 Å². The number of aromatic amines is 1. The van der Waals surface area contributed by atoms with Crippen molar-refractivity contribution in [2.45, 2.75) is 38.5 Å². The SMILES string of the molecule is CO[C@@H](CCC#N)CCn1cc(-c2nc(-c3cc(CO)[nH]n3)cn3nccc23)cn1. The van der Waals surface area contributed by atoms with E-state index in [2.05, 4.69) is 26.5 Å². The molecule has 0 aliphatic heterocycles. The number of hydrogen-bond donors (Lipinski definition) is 2. The van der Waals surface area contributed by atoms with Gasteiger partial charge in [0.25, 0.3) is 0 Å². The molecule has 154 valence electrons.